The largest absolute Gasteiger partial charge is 0.344 e. The maximum atomic E-state index is 12.1. The van der Waals surface area contributed by atoms with Crippen LogP contribution in [0.1, 0.15) is 17.4 Å². The highest BCUT2D eigenvalue weighted by Gasteiger charge is 2.19. The number of pyridine rings is 1. The topological polar surface area (TPSA) is 90.1 Å². The highest BCUT2D eigenvalue weighted by Crippen LogP contribution is 2.24. The molecule has 0 atom stereocenters. The number of aromatic nitrogens is 2. The summed E-state index contributed by atoms with van der Waals surface area (Å²) >= 11 is 5.70. The summed E-state index contributed by atoms with van der Waals surface area (Å²) in [5.74, 6) is -0.647. The molecule has 0 aliphatic rings. The molecule has 1 amide bonds. The van der Waals surface area contributed by atoms with Crippen LogP contribution in [0.3, 0.4) is 0 Å². The molecule has 104 valence electrons. The number of nitrogens with zero attached hydrogens (tertiary/aromatic N) is 3. The highest BCUT2D eigenvalue weighted by molar-refractivity contribution is 6.29. The second-order valence-corrected chi connectivity index (χ2v) is 4.28. The van der Waals surface area contributed by atoms with Crippen molar-refractivity contribution in [2.45, 2.75) is 13.5 Å². The predicted molar refractivity (Wildman–Crippen MR) is 74.0 cm³/mol. The van der Waals surface area contributed by atoms with Crippen molar-refractivity contribution < 1.29 is 9.72 Å². The zero-order valence-corrected chi connectivity index (χ0v) is 11.3. The molecule has 1 N–H and O–H groups in total. The number of halogens is 1. The van der Waals surface area contributed by atoms with E-state index >= 15 is 0 Å². The van der Waals surface area contributed by atoms with Gasteiger partial charge in [0.25, 0.3) is 5.91 Å². The number of carbonyl (C=O) groups excluding carboxylic acids is 1. The average Bonchev–Trinajstić information content (AvgIpc) is 2.86. The molecule has 8 heteroatoms. The van der Waals surface area contributed by atoms with Gasteiger partial charge in [-0.05, 0) is 25.1 Å². The first-order valence-electron chi connectivity index (χ1n) is 5.80. The number of hydrogen-bond acceptors (Lipinski definition) is 4. The Balaban J connectivity index is 2.32. The zero-order valence-electron chi connectivity index (χ0n) is 10.5. The lowest BCUT2D eigenvalue weighted by atomic mass is 10.3. The van der Waals surface area contributed by atoms with Crippen molar-refractivity contribution in [3.05, 3.63) is 51.4 Å². The van der Waals surface area contributed by atoms with E-state index in [4.69, 9.17) is 11.6 Å². The van der Waals surface area contributed by atoms with Crippen LogP contribution in [-0.4, -0.2) is 20.4 Å². The van der Waals surface area contributed by atoms with E-state index in [2.05, 4.69) is 10.3 Å². The van der Waals surface area contributed by atoms with Gasteiger partial charge >= 0.3 is 5.69 Å². The van der Waals surface area contributed by atoms with Crippen LogP contribution in [0.4, 0.5) is 11.5 Å². The molecule has 0 fully saturated rings. The quantitative estimate of drug-likeness (QED) is 0.533. The first kappa shape index (κ1) is 14.0. The zero-order chi connectivity index (χ0) is 14.7. The van der Waals surface area contributed by atoms with Crippen molar-refractivity contribution in [2.75, 3.05) is 5.32 Å². The SMILES string of the molecule is CCn1cccc1C(=O)Nc1nc(Cl)ccc1[N+](=O)[O-]. The van der Waals surface area contributed by atoms with Crippen molar-refractivity contribution in [1.82, 2.24) is 9.55 Å². The summed E-state index contributed by atoms with van der Waals surface area (Å²) in [7, 11) is 0. The number of amides is 1. The summed E-state index contributed by atoms with van der Waals surface area (Å²) in [6.45, 7) is 2.50. The Labute approximate surface area is 119 Å². The molecule has 0 bridgehead atoms. The smallest absolute Gasteiger partial charge is 0.311 e. The number of hydrogen-bond donors (Lipinski definition) is 1. The van der Waals surface area contributed by atoms with Crippen LogP contribution in [0.2, 0.25) is 5.15 Å². The molecule has 0 saturated carbocycles. The van der Waals surface area contributed by atoms with Gasteiger partial charge in [0.15, 0.2) is 0 Å². The molecule has 0 aromatic carbocycles. The molecule has 0 spiro atoms. The van der Waals surface area contributed by atoms with Gasteiger partial charge < -0.3 is 4.57 Å². The standard InChI is InChI=1S/C12H11ClN4O3/c1-2-16-7-3-4-9(16)12(18)15-11-8(17(19)20)5-6-10(13)14-11/h3-7H,2H2,1H3,(H,14,15,18). The minimum absolute atomic E-state index is 0.0665. The molecule has 2 rings (SSSR count). The normalized spacial score (nSPS) is 10.3. The molecule has 0 saturated heterocycles. The summed E-state index contributed by atoms with van der Waals surface area (Å²) in [4.78, 5) is 26.1. The molecule has 2 heterocycles. The Morgan fingerprint density at radius 3 is 2.90 bits per heavy atom. The fourth-order valence-corrected chi connectivity index (χ4v) is 1.88. The van der Waals surface area contributed by atoms with Crippen molar-refractivity contribution >= 4 is 29.0 Å². The average molecular weight is 295 g/mol. The van der Waals surface area contributed by atoms with Crippen LogP contribution in [0, 0.1) is 10.1 Å². The summed E-state index contributed by atoms with van der Waals surface area (Å²) in [5, 5.41) is 13.4. The van der Waals surface area contributed by atoms with Crippen LogP contribution in [0.15, 0.2) is 30.5 Å². The van der Waals surface area contributed by atoms with E-state index in [0.717, 1.165) is 0 Å². The van der Waals surface area contributed by atoms with E-state index in [9.17, 15) is 14.9 Å². The van der Waals surface area contributed by atoms with Crippen LogP contribution in [-0.2, 0) is 6.54 Å². The van der Waals surface area contributed by atoms with Gasteiger partial charge in [-0.15, -0.1) is 0 Å². The number of nitrogens with one attached hydrogen (secondary N) is 1. The second kappa shape index (κ2) is 5.70. The predicted octanol–water partition coefficient (Wildman–Crippen LogP) is 2.72. The number of aryl methyl sites for hydroxylation is 1. The summed E-state index contributed by atoms with van der Waals surface area (Å²) in [6.07, 6.45) is 1.74. The van der Waals surface area contributed by atoms with Crippen molar-refractivity contribution in [3.63, 3.8) is 0 Å². The van der Waals surface area contributed by atoms with Gasteiger partial charge in [0, 0.05) is 18.8 Å². The van der Waals surface area contributed by atoms with E-state index in [1.165, 1.54) is 12.1 Å². The first-order valence-corrected chi connectivity index (χ1v) is 6.18. The molecule has 0 unspecified atom stereocenters. The van der Waals surface area contributed by atoms with Gasteiger partial charge in [0.2, 0.25) is 5.82 Å². The van der Waals surface area contributed by atoms with Crippen molar-refractivity contribution in [1.29, 1.82) is 0 Å². The van der Waals surface area contributed by atoms with Crippen LogP contribution >= 0.6 is 11.6 Å². The van der Waals surface area contributed by atoms with E-state index in [0.29, 0.717) is 12.2 Å². The van der Waals surface area contributed by atoms with Crippen LogP contribution in [0.5, 0.6) is 0 Å². The molecular formula is C12H11ClN4O3. The van der Waals surface area contributed by atoms with Crippen LogP contribution < -0.4 is 5.32 Å². The lowest BCUT2D eigenvalue weighted by Crippen LogP contribution is -2.18. The fourth-order valence-electron chi connectivity index (χ4n) is 1.73. The maximum absolute atomic E-state index is 12.1. The van der Waals surface area contributed by atoms with E-state index in [1.807, 2.05) is 6.92 Å². The van der Waals surface area contributed by atoms with E-state index in [1.54, 1.807) is 22.9 Å². The molecule has 0 aliphatic carbocycles. The maximum Gasteiger partial charge on any atom is 0.311 e. The van der Waals surface area contributed by atoms with Gasteiger partial charge in [0.05, 0.1) is 4.92 Å². The molecule has 20 heavy (non-hydrogen) atoms. The van der Waals surface area contributed by atoms with Gasteiger partial charge in [-0.1, -0.05) is 11.6 Å². The Hall–Kier alpha value is -2.41. The number of carbonyl (C=O) groups is 1. The van der Waals surface area contributed by atoms with Gasteiger partial charge in [0.1, 0.15) is 10.8 Å². The van der Waals surface area contributed by atoms with Crippen molar-refractivity contribution in [2.24, 2.45) is 0 Å². The summed E-state index contributed by atoms with van der Waals surface area (Å²) < 4.78 is 1.71. The minimum Gasteiger partial charge on any atom is -0.344 e. The lowest BCUT2D eigenvalue weighted by molar-refractivity contribution is -0.384. The minimum atomic E-state index is -0.627. The molecule has 2 aromatic heterocycles. The molecule has 0 radical (unpaired) electrons. The van der Waals surface area contributed by atoms with Gasteiger partial charge in [-0.3, -0.25) is 20.2 Å². The number of rotatable bonds is 4. The number of nitro groups is 1. The molecular weight excluding hydrogens is 284 g/mol. The van der Waals surface area contributed by atoms with Gasteiger partial charge in [-0.2, -0.15) is 0 Å². The second-order valence-electron chi connectivity index (χ2n) is 3.89. The summed E-state index contributed by atoms with van der Waals surface area (Å²) in [6, 6.07) is 5.83. The number of anilines is 1. The van der Waals surface area contributed by atoms with Crippen LogP contribution in [0.25, 0.3) is 0 Å². The Morgan fingerprint density at radius 1 is 1.50 bits per heavy atom. The third-order valence-electron chi connectivity index (χ3n) is 2.67. The van der Waals surface area contributed by atoms with Crippen molar-refractivity contribution in [3.8, 4) is 0 Å². The monoisotopic (exact) mass is 294 g/mol. The van der Waals surface area contributed by atoms with E-state index < -0.39 is 10.8 Å². The third-order valence-corrected chi connectivity index (χ3v) is 2.88. The summed E-state index contributed by atoms with van der Waals surface area (Å²) in [5.41, 5.74) is 0.0842. The Bertz CT molecular complexity index is 668. The molecule has 7 nitrogen and oxygen atoms in total. The third kappa shape index (κ3) is 2.77. The fraction of sp³-hybridized carbons (Fsp3) is 0.167. The highest BCUT2D eigenvalue weighted by atomic mass is 35.5. The molecule has 2 aromatic rings. The Kier molecular flexibility index (Phi) is 3.99. The van der Waals surface area contributed by atoms with E-state index in [-0.39, 0.29) is 16.7 Å². The lowest BCUT2D eigenvalue weighted by Gasteiger charge is -2.07. The molecule has 0 aliphatic heterocycles. The van der Waals surface area contributed by atoms with Gasteiger partial charge in [-0.25, -0.2) is 4.98 Å². The first-order chi connectivity index (χ1) is 9.52. The Morgan fingerprint density at radius 2 is 2.25 bits per heavy atom.